The summed E-state index contributed by atoms with van der Waals surface area (Å²) >= 11 is 3.30. The molecule has 1 aromatic carbocycles. The van der Waals surface area contributed by atoms with Gasteiger partial charge in [0.05, 0.1) is 5.69 Å². The van der Waals surface area contributed by atoms with Crippen LogP contribution in [0, 0.1) is 0 Å². The number of benzene rings is 1. The number of rotatable bonds is 3. The van der Waals surface area contributed by atoms with E-state index in [1.165, 1.54) is 6.20 Å². The highest BCUT2D eigenvalue weighted by molar-refractivity contribution is 9.10. The van der Waals surface area contributed by atoms with E-state index in [1.807, 2.05) is 0 Å². The number of carbonyl (C=O) groups is 1. The van der Waals surface area contributed by atoms with Crippen LogP contribution in [-0.2, 0) is 0 Å². The second kappa shape index (κ2) is 6.16. The van der Waals surface area contributed by atoms with E-state index in [-0.39, 0.29) is 17.4 Å². The molecular weight excluding hydrogens is 324 g/mol. The number of hydrogen-bond acceptors (Lipinski definition) is 4. The van der Waals surface area contributed by atoms with E-state index < -0.39 is 0 Å². The predicted octanol–water partition coefficient (Wildman–Crippen LogP) is 2.19. The largest absolute Gasteiger partial charge is 0.409 e. The van der Waals surface area contributed by atoms with Crippen molar-refractivity contribution in [1.29, 1.82) is 0 Å². The lowest BCUT2D eigenvalue weighted by molar-refractivity contribution is 0.102. The van der Waals surface area contributed by atoms with Crippen molar-refractivity contribution < 1.29 is 10.0 Å². The highest BCUT2D eigenvalue weighted by Gasteiger charge is 2.12. The zero-order valence-electron chi connectivity index (χ0n) is 10.2. The fourth-order valence-electron chi connectivity index (χ4n) is 1.58. The Balaban J connectivity index is 2.33. The van der Waals surface area contributed by atoms with Gasteiger partial charge in [-0.3, -0.25) is 9.78 Å². The lowest BCUT2D eigenvalue weighted by atomic mass is 10.1. The lowest BCUT2D eigenvalue weighted by Crippen LogP contribution is -2.19. The molecule has 0 radical (unpaired) electrons. The number of amidine groups is 1. The van der Waals surface area contributed by atoms with Crippen molar-refractivity contribution >= 4 is 33.4 Å². The fourth-order valence-corrected chi connectivity index (χ4v) is 1.94. The Labute approximate surface area is 123 Å². The van der Waals surface area contributed by atoms with Gasteiger partial charge >= 0.3 is 0 Å². The Morgan fingerprint density at radius 2 is 2.15 bits per heavy atom. The van der Waals surface area contributed by atoms with Crippen LogP contribution in [0.4, 0.5) is 5.69 Å². The first-order chi connectivity index (χ1) is 9.61. The summed E-state index contributed by atoms with van der Waals surface area (Å²) in [6.45, 7) is 0. The first-order valence-corrected chi connectivity index (χ1v) is 6.41. The van der Waals surface area contributed by atoms with E-state index in [9.17, 15) is 4.79 Å². The second-order valence-corrected chi connectivity index (χ2v) is 4.76. The summed E-state index contributed by atoms with van der Waals surface area (Å²) in [5.74, 6) is -0.468. The van der Waals surface area contributed by atoms with Crippen molar-refractivity contribution in [3.05, 3.63) is 58.3 Å². The molecule has 1 aromatic heterocycles. The molecule has 0 aliphatic rings. The molecule has 2 rings (SSSR count). The van der Waals surface area contributed by atoms with Crippen LogP contribution in [0.5, 0.6) is 0 Å². The number of nitrogens with zero attached hydrogens (tertiary/aromatic N) is 2. The average Bonchev–Trinajstić information content (AvgIpc) is 2.47. The lowest BCUT2D eigenvalue weighted by Gasteiger charge is -2.10. The third-order valence-corrected chi connectivity index (χ3v) is 3.00. The normalized spacial score (nSPS) is 11.2. The molecule has 1 heterocycles. The minimum atomic E-state index is -0.379. The number of aromatic nitrogens is 1. The Morgan fingerprint density at radius 1 is 1.35 bits per heavy atom. The number of carbonyl (C=O) groups excluding carboxylic acids is 1. The van der Waals surface area contributed by atoms with Crippen LogP contribution in [0.2, 0.25) is 0 Å². The zero-order valence-corrected chi connectivity index (χ0v) is 11.8. The quantitative estimate of drug-likeness (QED) is 0.346. The summed E-state index contributed by atoms with van der Waals surface area (Å²) in [5.41, 5.74) is 6.69. The van der Waals surface area contributed by atoms with Gasteiger partial charge in [0.25, 0.3) is 5.91 Å². The summed E-state index contributed by atoms with van der Waals surface area (Å²) in [5, 5.41) is 14.4. The van der Waals surface area contributed by atoms with Crippen molar-refractivity contribution in [2.45, 2.75) is 0 Å². The highest BCUT2D eigenvalue weighted by Crippen LogP contribution is 2.22. The molecule has 102 valence electrons. The van der Waals surface area contributed by atoms with Crippen LogP contribution in [0.25, 0.3) is 0 Å². The van der Waals surface area contributed by atoms with Gasteiger partial charge in [0.2, 0.25) is 0 Å². The summed E-state index contributed by atoms with van der Waals surface area (Å²) in [6, 6.07) is 10.0. The second-order valence-electron chi connectivity index (χ2n) is 3.84. The predicted molar refractivity (Wildman–Crippen MR) is 78.8 cm³/mol. The summed E-state index contributed by atoms with van der Waals surface area (Å²) in [7, 11) is 0. The molecule has 4 N–H and O–H groups in total. The third kappa shape index (κ3) is 3.12. The van der Waals surface area contributed by atoms with E-state index in [4.69, 9.17) is 10.9 Å². The number of nitrogens with one attached hydrogen (secondary N) is 1. The molecule has 0 unspecified atom stereocenters. The maximum absolute atomic E-state index is 12.1. The summed E-state index contributed by atoms with van der Waals surface area (Å²) in [4.78, 5) is 16.0. The van der Waals surface area contributed by atoms with Gasteiger partial charge in [0, 0.05) is 16.2 Å². The van der Waals surface area contributed by atoms with Crippen LogP contribution in [-0.4, -0.2) is 21.9 Å². The van der Waals surface area contributed by atoms with E-state index in [2.05, 4.69) is 31.4 Å². The molecule has 20 heavy (non-hydrogen) atoms. The Kier molecular flexibility index (Phi) is 4.31. The van der Waals surface area contributed by atoms with Crippen LogP contribution in [0.3, 0.4) is 0 Å². The van der Waals surface area contributed by atoms with Crippen molar-refractivity contribution in [3.63, 3.8) is 0 Å². The Morgan fingerprint density at radius 3 is 2.80 bits per heavy atom. The maximum Gasteiger partial charge on any atom is 0.274 e. The van der Waals surface area contributed by atoms with Crippen molar-refractivity contribution in [2.24, 2.45) is 10.9 Å². The molecule has 0 fully saturated rings. The van der Waals surface area contributed by atoms with Gasteiger partial charge in [-0.05, 0) is 30.3 Å². The molecule has 0 saturated carbocycles. The SMILES string of the molecule is N/C(=N/O)c1ccc(Br)cc1NC(=O)c1ccccn1. The molecule has 0 atom stereocenters. The van der Waals surface area contributed by atoms with Gasteiger partial charge in [-0.1, -0.05) is 27.2 Å². The minimum Gasteiger partial charge on any atom is -0.409 e. The number of oxime groups is 1. The van der Waals surface area contributed by atoms with Gasteiger partial charge in [-0.25, -0.2) is 0 Å². The molecule has 1 amide bonds. The Hall–Kier alpha value is -2.41. The zero-order chi connectivity index (χ0) is 14.5. The van der Waals surface area contributed by atoms with Gasteiger partial charge in [-0.2, -0.15) is 0 Å². The average molecular weight is 335 g/mol. The summed E-state index contributed by atoms with van der Waals surface area (Å²) in [6.07, 6.45) is 1.53. The van der Waals surface area contributed by atoms with Crippen LogP contribution in [0.15, 0.2) is 52.2 Å². The molecule has 0 bridgehead atoms. The van der Waals surface area contributed by atoms with Gasteiger partial charge in [-0.15, -0.1) is 0 Å². The Bertz CT molecular complexity index is 659. The molecule has 0 aliphatic carbocycles. The van der Waals surface area contributed by atoms with Crippen molar-refractivity contribution in [2.75, 3.05) is 5.32 Å². The number of hydrogen-bond donors (Lipinski definition) is 3. The molecule has 2 aromatic rings. The minimum absolute atomic E-state index is 0.0891. The number of amides is 1. The molecular formula is C13H11BrN4O2. The van der Waals surface area contributed by atoms with Gasteiger partial charge < -0.3 is 16.3 Å². The van der Waals surface area contributed by atoms with Gasteiger partial charge in [0.1, 0.15) is 5.69 Å². The van der Waals surface area contributed by atoms with Crippen LogP contribution >= 0.6 is 15.9 Å². The van der Waals surface area contributed by atoms with E-state index >= 15 is 0 Å². The van der Waals surface area contributed by atoms with E-state index in [0.717, 1.165) is 4.47 Å². The molecule has 0 spiro atoms. The van der Waals surface area contributed by atoms with Crippen molar-refractivity contribution in [1.82, 2.24) is 4.98 Å². The van der Waals surface area contributed by atoms with Crippen LogP contribution < -0.4 is 11.1 Å². The standard InChI is InChI=1S/C13H11BrN4O2/c14-8-4-5-9(12(15)18-20)11(7-8)17-13(19)10-3-1-2-6-16-10/h1-7,20H,(H2,15,18)(H,17,19). The number of halogens is 1. The number of nitrogens with two attached hydrogens (primary N) is 1. The fraction of sp³-hybridized carbons (Fsp3) is 0. The molecule has 0 saturated heterocycles. The summed E-state index contributed by atoms with van der Waals surface area (Å²) < 4.78 is 0.753. The van der Waals surface area contributed by atoms with E-state index in [1.54, 1.807) is 36.4 Å². The smallest absolute Gasteiger partial charge is 0.274 e. The first kappa shape index (κ1) is 14.0. The van der Waals surface area contributed by atoms with Crippen molar-refractivity contribution in [3.8, 4) is 0 Å². The maximum atomic E-state index is 12.1. The van der Waals surface area contributed by atoms with E-state index in [0.29, 0.717) is 11.3 Å². The van der Waals surface area contributed by atoms with Gasteiger partial charge in [0.15, 0.2) is 5.84 Å². The third-order valence-electron chi connectivity index (χ3n) is 2.51. The molecule has 7 heteroatoms. The first-order valence-electron chi connectivity index (χ1n) is 5.61. The molecule has 0 aliphatic heterocycles. The monoisotopic (exact) mass is 334 g/mol. The number of pyridine rings is 1. The van der Waals surface area contributed by atoms with Crippen LogP contribution in [0.1, 0.15) is 16.1 Å². The topological polar surface area (TPSA) is 101 Å². The molecule has 6 nitrogen and oxygen atoms in total. The number of anilines is 1. The highest BCUT2D eigenvalue weighted by atomic mass is 79.9.